The molecule has 0 aromatic heterocycles. The van der Waals surface area contributed by atoms with Gasteiger partial charge in [-0.1, -0.05) is 90.8 Å². The molecule has 6 rings (SSSR count). The number of fused-ring (bicyclic) bond motifs is 2. The van der Waals surface area contributed by atoms with Gasteiger partial charge >= 0.3 is 12.2 Å². The van der Waals surface area contributed by atoms with Crippen molar-refractivity contribution in [2.75, 3.05) is 40.1 Å². The number of nitrogens with zero attached hydrogens (tertiary/aromatic N) is 2. The van der Waals surface area contributed by atoms with Crippen molar-refractivity contribution in [3.63, 3.8) is 0 Å². The highest BCUT2D eigenvalue weighted by Gasteiger charge is 2.65. The summed E-state index contributed by atoms with van der Waals surface area (Å²) in [5, 5.41) is 27.5. The Morgan fingerprint density at radius 2 is 1.65 bits per heavy atom. The van der Waals surface area contributed by atoms with Crippen LogP contribution in [0.1, 0.15) is 88.3 Å². The number of unbranched alkanes of at least 4 members (excludes halogenated alkanes) is 2. The van der Waals surface area contributed by atoms with Gasteiger partial charge < -0.3 is 49.0 Å². The van der Waals surface area contributed by atoms with Gasteiger partial charge in [-0.05, 0) is 93.2 Å². The van der Waals surface area contributed by atoms with E-state index in [4.69, 9.17) is 33.7 Å². The van der Waals surface area contributed by atoms with E-state index >= 15 is 0 Å². The highest BCUT2D eigenvalue weighted by atomic mass is 16.7. The normalized spacial score (nSPS) is 23.0. The van der Waals surface area contributed by atoms with E-state index in [1.165, 1.54) is 4.90 Å². The summed E-state index contributed by atoms with van der Waals surface area (Å²) in [4.78, 5) is 35.1. The minimum absolute atomic E-state index is 0.0111. The second-order valence-electron chi connectivity index (χ2n) is 17.5. The van der Waals surface area contributed by atoms with Crippen LogP contribution in [0.4, 0.5) is 9.59 Å². The minimum Gasteiger partial charge on any atom is -0.459 e. The number of benzene rings is 3. The summed E-state index contributed by atoms with van der Waals surface area (Å²) >= 11 is 0. The quantitative estimate of drug-likeness (QED) is 0.0538. The van der Waals surface area contributed by atoms with Crippen LogP contribution >= 0.6 is 0 Å². The van der Waals surface area contributed by atoms with E-state index in [2.05, 4.69) is 18.0 Å². The van der Waals surface area contributed by atoms with E-state index in [1.807, 2.05) is 87.5 Å². The first-order valence-electron chi connectivity index (χ1n) is 22.3. The molecule has 6 unspecified atom stereocenters. The lowest BCUT2D eigenvalue weighted by atomic mass is 9.55. The Labute approximate surface area is 372 Å². The third-order valence-electron chi connectivity index (χ3n) is 11.9. The summed E-state index contributed by atoms with van der Waals surface area (Å²) < 4.78 is 31.7. The van der Waals surface area contributed by atoms with Crippen LogP contribution in [-0.2, 0) is 32.2 Å². The van der Waals surface area contributed by atoms with Crippen molar-refractivity contribution in [3.8, 4) is 11.5 Å². The van der Waals surface area contributed by atoms with Crippen LogP contribution in [0.3, 0.4) is 0 Å². The van der Waals surface area contributed by atoms with Gasteiger partial charge in [0, 0.05) is 44.7 Å². The number of carbonyl (C=O) groups is 2. The Bertz CT molecular complexity index is 2020. The number of allylic oxidation sites excluding steroid dienone is 1. The molecule has 6 atom stereocenters. The molecule has 0 spiro atoms. The lowest BCUT2D eigenvalue weighted by Gasteiger charge is -2.59. The Morgan fingerprint density at radius 3 is 2.33 bits per heavy atom. The topological polar surface area (TPSA) is 158 Å². The molecular formula is C50H65N3O10. The van der Waals surface area contributed by atoms with Crippen molar-refractivity contribution in [2.45, 2.75) is 102 Å². The monoisotopic (exact) mass is 867 g/mol. The van der Waals surface area contributed by atoms with Gasteiger partial charge in [-0.15, -0.1) is 6.58 Å². The molecule has 3 aromatic rings. The molecule has 13 heteroatoms. The van der Waals surface area contributed by atoms with Gasteiger partial charge in [-0.2, -0.15) is 0 Å². The van der Waals surface area contributed by atoms with E-state index in [-0.39, 0.29) is 57.2 Å². The van der Waals surface area contributed by atoms with Crippen LogP contribution in [0, 0.1) is 17.8 Å². The number of carbonyl (C=O) groups excluding carboxylic acids is 2. The lowest BCUT2D eigenvalue weighted by molar-refractivity contribution is -0.253. The number of aliphatic hydroxyl groups is 2. The van der Waals surface area contributed by atoms with Crippen molar-refractivity contribution < 1.29 is 48.3 Å². The number of amides is 2. The van der Waals surface area contributed by atoms with E-state index in [1.54, 1.807) is 25.3 Å². The maximum absolute atomic E-state index is 14.1. The molecule has 0 bridgehead atoms. The summed E-state index contributed by atoms with van der Waals surface area (Å²) in [6.45, 7) is 11.0. The average Bonchev–Trinajstić information content (AvgIpc) is 3.28. The average molecular weight is 868 g/mol. The van der Waals surface area contributed by atoms with Crippen LogP contribution in [-0.4, -0.2) is 90.5 Å². The molecule has 1 aliphatic heterocycles. The Morgan fingerprint density at radius 1 is 0.952 bits per heavy atom. The summed E-state index contributed by atoms with van der Waals surface area (Å²) in [6.07, 6.45) is 7.37. The van der Waals surface area contributed by atoms with Gasteiger partial charge in [-0.25, -0.2) is 9.59 Å². The first kappa shape index (κ1) is 47.3. The number of hydrogen-bond acceptors (Lipinski definition) is 11. The predicted molar refractivity (Wildman–Crippen MR) is 240 cm³/mol. The molecule has 3 N–H and O–H groups in total. The standard InChI is InChI=1S/C50H65N3O10/c1-6-27-60-50-44(53(5)48(57)59-29-28-58-34-36-19-11-8-12-20-36)32-42(52-63-49(2,3)4)40-30-37(21-13-15-25-54)39(22-14-16-26-55)45(46(40)50)41-31-38(23-24-43(41)62-50)61-47(56)51-33-35-17-9-7-10-18-35/h6-12,17-20,23-24,30-31,37,39,44-46,54-55H,1,13-16,21-22,25-29,32-34H2,2-5H3,(H,51,56). The van der Waals surface area contributed by atoms with Crippen LogP contribution in [0.25, 0.3) is 0 Å². The molecule has 2 aliphatic carbocycles. The second kappa shape index (κ2) is 22.4. The Hall–Kier alpha value is -5.21. The molecule has 0 radical (unpaired) electrons. The fraction of sp³-hybridized carbons (Fsp3) is 0.500. The van der Waals surface area contributed by atoms with Crippen molar-refractivity contribution in [1.29, 1.82) is 0 Å². The zero-order valence-electron chi connectivity index (χ0n) is 37.2. The molecule has 1 heterocycles. The van der Waals surface area contributed by atoms with E-state index in [0.717, 1.165) is 47.9 Å². The molecule has 63 heavy (non-hydrogen) atoms. The molecule has 3 aliphatic rings. The van der Waals surface area contributed by atoms with Gasteiger partial charge in [0.2, 0.25) is 5.79 Å². The number of rotatable bonds is 21. The van der Waals surface area contributed by atoms with Gasteiger partial charge in [0.05, 0.1) is 31.5 Å². The van der Waals surface area contributed by atoms with Gasteiger partial charge in [-0.3, -0.25) is 0 Å². The molecule has 13 nitrogen and oxygen atoms in total. The zero-order valence-corrected chi connectivity index (χ0v) is 37.2. The smallest absolute Gasteiger partial charge is 0.412 e. The summed E-state index contributed by atoms with van der Waals surface area (Å²) in [5.74, 6) is -1.40. The first-order chi connectivity index (χ1) is 30.5. The molecule has 0 saturated heterocycles. The SMILES string of the molecule is C=CCOC12Oc3ccc(OC(=O)NCc4ccccc4)cc3C3C(CCCCO)C(CCCCO)C=C(C(=NOC(C)(C)C)CC1N(C)C(=O)OCCOCc1ccccc1)C32. The third kappa shape index (κ3) is 12.1. The van der Waals surface area contributed by atoms with Gasteiger partial charge in [0.25, 0.3) is 0 Å². The highest BCUT2D eigenvalue weighted by molar-refractivity contribution is 6.03. The minimum atomic E-state index is -1.46. The number of aliphatic hydroxyl groups excluding tert-OH is 2. The van der Waals surface area contributed by atoms with Crippen molar-refractivity contribution >= 4 is 17.9 Å². The van der Waals surface area contributed by atoms with Gasteiger partial charge in [0.1, 0.15) is 29.7 Å². The number of likely N-dealkylation sites (N-methyl/N-ethyl adjacent to an activating group) is 1. The van der Waals surface area contributed by atoms with Crippen molar-refractivity contribution in [3.05, 3.63) is 120 Å². The Balaban J connectivity index is 1.42. The third-order valence-corrected chi connectivity index (χ3v) is 11.9. The molecule has 1 fully saturated rings. The van der Waals surface area contributed by atoms with Crippen LogP contribution in [0.15, 0.2) is 108 Å². The molecule has 2 amide bonds. The summed E-state index contributed by atoms with van der Waals surface area (Å²) in [6, 6.07) is 24.0. The number of ether oxygens (including phenoxy) is 5. The van der Waals surface area contributed by atoms with E-state index in [9.17, 15) is 19.8 Å². The van der Waals surface area contributed by atoms with Crippen LogP contribution < -0.4 is 14.8 Å². The highest BCUT2D eigenvalue weighted by Crippen LogP contribution is 2.62. The molecule has 1 saturated carbocycles. The molecule has 340 valence electrons. The summed E-state index contributed by atoms with van der Waals surface area (Å²) in [5.41, 5.74) is 3.72. The fourth-order valence-electron chi connectivity index (χ4n) is 9.08. The van der Waals surface area contributed by atoms with Crippen LogP contribution in [0.5, 0.6) is 11.5 Å². The number of hydrogen-bond donors (Lipinski definition) is 3. The van der Waals surface area contributed by atoms with Gasteiger partial charge in [0.15, 0.2) is 0 Å². The second-order valence-corrected chi connectivity index (χ2v) is 17.5. The van der Waals surface area contributed by atoms with E-state index < -0.39 is 35.5 Å². The van der Waals surface area contributed by atoms with Crippen LogP contribution in [0.2, 0.25) is 0 Å². The molecule has 3 aromatic carbocycles. The van der Waals surface area contributed by atoms with Crippen molar-refractivity contribution in [1.82, 2.24) is 10.2 Å². The largest absolute Gasteiger partial charge is 0.459 e. The number of nitrogens with one attached hydrogen (secondary N) is 1. The fourth-order valence-corrected chi connectivity index (χ4v) is 9.08. The van der Waals surface area contributed by atoms with Crippen molar-refractivity contribution in [2.24, 2.45) is 22.9 Å². The summed E-state index contributed by atoms with van der Waals surface area (Å²) in [7, 11) is 1.69. The number of oxime groups is 1. The maximum atomic E-state index is 14.1. The van der Waals surface area contributed by atoms with E-state index in [0.29, 0.717) is 43.2 Å². The maximum Gasteiger partial charge on any atom is 0.412 e. The zero-order chi connectivity index (χ0) is 44.8. The lowest BCUT2D eigenvalue weighted by Crippen LogP contribution is -2.69. The predicted octanol–water partition coefficient (Wildman–Crippen LogP) is 8.69. The first-order valence-corrected chi connectivity index (χ1v) is 22.3. The molecular weight excluding hydrogens is 803 g/mol. The Kier molecular flexibility index (Phi) is 16.8.